The number of furan rings is 1. The average molecular weight is 325 g/mol. The van der Waals surface area contributed by atoms with Crippen LogP contribution in [-0.2, 0) is 7.05 Å². The monoisotopic (exact) mass is 325 g/mol. The second-order valence-corrected chi connectivity index (χ2v) is 6.46. The molecule has 3 heterocycles. The van der Waals surface area contributed by atoms with Crippen molar-refractivity contribution in [1.82, 2.24) is 4.98 Å². The van der Waals surface area contributed by atoms with Crippen molar-refractivity contribution in [3.63, 3.8) is 0 Å². The van der Waals surface area contributed by atoms with E-state index in [1.165, 1.54) is 27.7 Å². The fraction of sp³-hybridized carbons (Fsp3) is 0.0909. The van der Waals surface area contributed by atoms with Gasteiger partial charge in [0.2, 0.25) is 16.9 Å². The van der Waals surface area contributed by atoms with E-state index in [1.54, 1.807) is 6.20 Å². The molecule has 120 valence electrons. The summed E-state index contributed by atoms with van der Waals surface area (Å²) in [7, 11) is 2.11. The lowest BCUT2D eigenvalue weighted by atomic mass is 10.0. The number of benzene rings is 2. The molecule has 0 aliphatic heterocycles. The van der Waals surface area contributed by atoms with Gasteiger partial charge in [-0.15, -0.1) is 0 Å². The summed E-state index contributed by atoms with van der Waals surface area (Å²) < 4.78 is 8.22. The van der Waals surface area contributed by atoms with Crippen molar-refractivity contribution in [2.45, 2.75) is 6.92 Å². The fourth-order valence-corrected chi connectivity index (χ4v) is 3.65. The van der Waals surface area contributed by atoms with Gasteiger partial charge in [-0.05, 0) is 48.9 Å². The van der Waals surface area contributed by atoms with E-state index in [1.807, 2.05) is 6.07 Å². The summed E-state index contributed by atoms with van der Waals surface area (Å²) in [4.78, 5) is 4.34. The third-order valence-corrected chi connectivity index (χ3v) is 4.95. The van der Waals surface area contributed by atoms with E-state index in [2.05, 4.69) is 78.1 Å². The number of rotatable bonds is 1. The molecule has 0 fully saturated rings. The molecular formula is C22H17N2O+. The number of hydrogen-bond acceptors (Lipinski definition) is 2. The molecule has 0 atom stereocenters. The van der Waals surface area contributed by atoms with Crippen molar-refractivity contribution < 1.29 is 8.98 Å². The number of hydrogen-bond donors (Lipinski definition) is 0. The summed E-state index contributed by atoms with van der Waals surface area (Å²) in [6.45, 7) is 2.15. The lowest BCUT2D eigenvalue weighted by Crippen LogP contribution is -2.32. The first-order valence-corrected chi connectivity index (χ1v) is 8.38. The second-order valence-electron chi connectivity index (χ2n) is 6.46. The van der Waals surface area contributed by atoms with Gasteiger partial charge < -0.3 is 4.42 Å². The molecule has 0 saturated carbocycles. The highest BCUT2D eigenvalue weighted by atomic mass is 16.3. The van der Waals surface area contributed by atoms with E-state index in [9.17, 15) is 0 Å². The Hall–Kier alpha value is -3.20. The minimum absolute atomic E-state index is 0.692. The Bertz CT molecular complexity index is 1270. The lowest BCUT2D eigenvalue weighted by molar-refractivity contribution is -0.633. The molecule has 3 heteroatoms. The zero-order valence-corrected chi connectivity index (χ0v) is 14.2. The van der Waals surface area contributed by atoms with E-state index in [0.29, 0.717) is 5.71 Å². The van der Waals surface area contributed by atoms with Gasteiger partial charge >= 0.3 is 0 Å². The highest BCUT2D eigenvalue weighted by Crippen LogP contribution is 2.33. The first-order valence-electron chi connectivity index (χ1n) is 8.38. The second kappa shape index (κ2) is 5.15. The van der Waals surface area contributed by atoms with Crippen molar-refractivity contribution in [1.29, 1.82) is 0 Å². The minimum atomic E-state index is 0.692. The Labute approximate surface area is 145 Å². The van der Waals surface area contributed by atoms with Gasteiger partial charge in [0.15, 0.2) is 0 Å². The SMILES string of the molecule is Cc1cc2c(cc1-c1ccc3ccccc3[n+]1C)oc1ncccc12. The van der Waals surface area contributed by atoms with E-state index >= 15 is 0 Å². The van der Waals surface area contributed by atoms with Crippen LogP contribution in [0.3, 0.4) is 0 Å². The zero-order chi connectivity index (χ0) is 17.0. The van der Waals surface area contributed by atoms with Gasteiger partial charge in [0.1, 0.15) is 12.6 Å². The third-order valence-electron chi connectivity index (χ3n) is 4.95. The molecule has 0 bridgehead atoms. The lowest BCUT2D eigenvalue weighted by Gasteiger charge is -2.06. The van der Waals surface area contributed by atoms with Crippen molar-refractivity contribution in [3.05, 3.63) is 72.4 Å². The Morgan fingerprint density at radius 1 is 0.920 bits per heavy atom. The zero-order valence-electron chi connectivity index (χ0n) is 14.2. The maximum atomic E-state index is 5.98. The van der Waals surface area contributed by atoms with Crippen LogP contribution in [-0.4, -0.2) is 4.98 Å². The van der Waals surface area contributed by atoms with Gasteiger partial charge in [-0.2, -0.15) is 4.57 Å². The molecule has 0 N–H and O–H groups in total. The smallest absolute Gasteiger partial charge is 0.227 e. The van der Waals surface area contributed by atoms with Crippen LogP contribution in [0.15, 0.2) is 71.3 Å². The predicted molar refractivity (Wildman–Crippen MR) is 100 cm³/mol. The number of aromatic nitrogens is 2. The number of fused-ring (bicyclic) bond motifs is 4. The molecule has 0 radical (unpaired) electrons. The molecule has 0 saturated heterocycles. The van der Waals surface area contributed by atoms with E-state index in [0.717, 1.165) is 16.4 Å². The van der Waals surface area contributed by atoms with Crippen LogP contribution < -0.4 is 4.57 Å². The molecule has 0 unspecified atom stereocenters. The summed E-state index contributed by atoms with van der Waals surface area (Å²) in [5.74, 6) is 0. The summed E-state index contributed by atoms with van der Waals surface area (Å²) in [6.07, 6.45) is 1.77. The molecule has 5 rings (SSSR count). The summed E-state index contributed by atoms with van der Waals surface area (Å²) in [5, 5.41) is 3.42. The molecule has 3 nitrogen and oxygen atoms in total. The molecule has 25 heavy (non-hydrogen) atoms. The molecule has 0 aliphatic carbocycles. The molecule has 0 aliphatic rings. The molecular weight excluding hydrogens is 308 g/mol. The Kier molecular flexibility index (Phi) is 2.92. The normalized spacial score (nSPS) is 11.6. The summed E-state index contributed by atoms with van der Waals surface area (Å²) in [6, 6.07) is 21.1. The quantitative estimate of drug-likeness (QED) is 0.409. The number of para-hydroxylation sites is 1. The van der Waals surface area contributed by atoms with Crippen molar-refractivity contribution in [2.24, 2.45) is 7.05 Å². The molecule has 2 aromatic carbocycles. The Morgan fingerprint density at radius 3 is 2.72 bits per heavy atom. The average Bonchev–Trinajstić information content (AvgIpc) is 2.99. The minimum Gasteiger partial charge on any atom is -0.438 e. The topological polar surface area (TPSA) is 29.9 Å². The van der Waals surface area contributed by atoms with Crippen LogP contribution in [0.25, 0.3) is 44.2 Å². The van der Waals surface area contributed by atoms with Crippen LogP contribution in [0, 0.1) is 6.92 Å². The predicted octanol–water partition coefficient (Wildman–Crippen LogP) is 4.93. The molecule has 0 spiro atoms. The van der Waals surface area contributed by atoms with Gasteiger partial charge in [-0.1, -0.05) is 12.1 Å². The molecule has 3 aromatic heterocycles. The van der Waals surface area contributed by atoms with E-state index in [4.69, 9.17) is 4.42 Å². The first-order chi connectivity index (χ1) is 12.2. The maximum absolute atomic E-state index is 5.98. The molecule has 5 aromatic rings. The summed E-state index contributed by atoms with van der Waals surface area (Å²) in [5.41, 5.74) is 6.36. The van der Waals surface area contributed by atoms with Gasteiger partial charge in [0, 0.05) is 34.5 Å². The van der Waals surface area contributed by atoms with Gasteiger partial charge in [-0.25, -0.2) is 4.98 Å². The van der Waals surface area contributed by atoms with Crippen LogP contribution in [0.2, 0.25) is 0 Å². The summed E-state index contributed by atoms with van der Waals surface area (Å²) >= 11 is 0. The van der Waals surface area contributed by atoms with E-state index < -0.39 is 0 Å². The van der Waals surface area contributed by atoms with Crippen LogP contribution >= 0.6 is 0 Å². The van der Waals surface area contributed by atoms with Gasteiger partial charge in [-0.3, -0.25) is 0 Å². The van der Waals surface area contributed by atoms with Crippen LogP contribution in [0.5, 0.6) is 0 Å². The van der Waals surface area contributed by atoms with Crippen molar-refractivity contribution in [2.75, 3.05) is 0 Å². The van der Waals surface area contributed by atoms with Crippen LogP contribution in [0.4, 0.5) is 0 Å². The highest BCUT2D eigenvalue weighted by Gasteiger charge is 2.18. The Morgan fingerprint density at radius 2 is 1.80 bits per heavy atom. The first kappa shape index (κ1) is 14.2. The number of nitrogens with zero attached hydrogens (tertiary/aromatic N) is 2. The number of aryl methyl sites for hydroxylation is 2. The molecule has 0 amide bonds. The fourth-order valence-electron chi connectivity index (χ4n) is 3.65. The van der Waals surface area contributed by atoms with Gasteiger partial charge in [0.25, 0.3) is 0 Å². The number of pyridine rings is 2. The standard InChI is InChI=1S/C22H17N2O/c1-14-12-18-16-7-5-11-23-22(16)25-21(18)13-17(14)20-10-9-15-6-3-4-8-19(15)24(20)2/h3-13H,1-2H3/q+1. The third kappa shape index (κ3) is 2.06. The van der Waals surface area contributed by atoms with Crippen LogP contribution in [0.1, 0.15) is 5.56 Å². The Balaban J connectivity index is 1.82. The largest absolute Gasteiger partial charge is 0.438 e. The van der Waals surface area contributed by atoms with Crippen molar-refractivity contribution >= 4 is 33.0 Å². The highest BCUT2D eigenvalue weighted by molar-refractivity contribution is 6.05. The van der Waals surface area contributed by atoms with E-state index in [-0.39, 0.29) is 0 Å². The maximum Gasteiger partial charge on any atom is 0.227 e. The van der Waals surface area contributed by atoms with Crippen molar-refractivity contribution in [3.8, 4) is 11.3 Å². The van der Waals surface area contributed by atoms with Gasteiger partial charge in [0.05, 0.1) is 5.56 Å².